The number of rotatable bonds is 6. The molecule has 2 atom stereocenters. The number of nitrogens with one attached hydrogen (secondary N) is 1. The van der Waals surface area contributed by atoms with Crippen LogP contribution in [0, 0.1) is 6.92 Å². The quantitative estimate of drug-likeness (QED) is 0.815. The standard InChI is InChI=1S/C19H25NO4/c1-12-10-11-15-8-6-7-9-16(15)17(12)14(3)24-19(21)20-13(2)18(22-4)23-5/h6-11,13-14,18H,1-5H3,(H,20,21). The highest BCUT2D eigenvalue weighted by molar-refractivity contribution is 5.87. The molecule has 0 aliphatic heterocycles. The topological polar surface area (TPSA) is 56.8 Å². The highest BCUT2D eigenvalue weighted by Crippen LogP contribution is 2.29. The minimum atomic E-state index is -0.521. The highest BCUT2D eigenvalue weighted by atomic mass is 16.7. The van der Waals surface area contributed by atoms with Crippen molar-refractivity contribution < 1.29 is 19.0 Å². The van der Waals surface area contributed by atoms with E-state index in [2.05, 4.69) is 17.4 Å². The number of amides is 1. The molecule has 0 bridgehead atoms. The zero-order valence-corrected chi connectivity index (χ0v) is 14.8. The van der Waals surface area contributed by atoms with E-state index in [1.165, 1.54) is 14.2 Å². The maximum absolute atomic E-state index is 12.2. The molecule has 0 fully saturated rings. The summed E-state index contributed by atoms with van der Waals surface area (Å²) in [6.07, 6.45) is -1.39. The lowest BCUT2D eigenvalue weighted by Crippen LogP contribution is -2.43. The lowest BCUT2D eigenvalue weighted by molar-refractivity contribution is -0.118. The zero-order chi connectivity index (χ0) is 17.7. The summed E-state index contributed by atoms with van der Waals surface area (Å²) < 4.78 is 15.8. The van der Waals surface area contributed by atoms with Crippen LogP contribution in [0.15, 0.2) is 36.4 Å². The second-order valence-corrected chi connectivity index (χ2v) is 5.84. The summed E-state index contributed by atoms with van der Waals surface area (Å²) in [7, 11) is 3.06. The van der Waals surface area contributed by atoms with Crippen LogP contribution in [0.2, 0.25) is 0 Å². The van der Waals surface area contributed by atoms with Crippen LogP contribution in [-0.4, -0.2) is 32.6 Å². The van der Waals surface area contributed by atoms with Gasteiger partial charge in [-0.25, -0.2) is 4.79 Å². The van der Waals surface area contributed by atoms with E-state index in [0.717, 1.165) is 21.9 Å². The van der Waals surface area contributed by atoms with Crippen LogP contribution in [0.3, 0.4) is 0 Å². The Hall–Kier alpha value is -2.11. The molecule has 130 valence electrons. The van der Waals surface area contributed by atoms with Crippen LogP contribution < -0.4 is 5.32 Å². The average molecular weight is 331 g/mol. The molecule has 0 radical (unpaired) electrons. The van der Waals surface area contributed by atoms with Gasteiger partial charge in [0.05, 0.1) is 6.04 Å². The molecule has 0 spiro atoms. The number of carbonyl (C=O) groups excluding carboxylic acids is 1. The Labute approximate surface area is 142 Å². The van der Waals surface area contributed by atoms with Crippen LogP contribution in [0.4, 0.5) is 4.79 Å². The maximum atomic E-state index is 12.2. The molecule has 0 saturated carbocycles. The van der Waals surface area contributed by atoms with Crippen molar-refractivity contribution in [3.63, 3.8) is 0 Å². The third-order valence-corrected chi connectivity index (χ3v) is 4.10. The average Bonchev–Trinajstić information content (AvgIpc) is 2.55. The molecule has 2 unspecified atom stereocenters. The number of ether oxygens (including phenoxy) is 3. The van der Waals surface area contributed by atoms with Gasteiger partial charge in [0, 0.05) is 19.8 Å². The molecular weight excluding hydrogens is 306 g/mol. The van der Waals surface area contributed by atoms with E-state index in [9.17, 15) is 4.79 Å². The Bertz CT molecular complexity index is 697. The fourth-order valence-electron chi connectivity index (χ4n) is 2.96. The van der Waals surface area contributed by atoms with Gasteiger partial charge < -0.3 is 19.5 Å². The van der Waals surface area contributed by atoms with Crippen LogP contribution >= 0.6 is 0 Å². The number of aryl methyl sites for hydroxylation is 1. The molecular formula is C19H25NO4. The van der Waals surface area contributed by atoms with Crippen LogP contribution in [0.25, 0.3) is 10.8 Å². The Balaban J connectivity index is 2.14. The fraction of sp³-hybridized carbons (Fsp3) is 0.421. The lowest BCUT2D eigenvalue weighted by atomic mass is 9.96. The van der Waals surface area contributed by atoms with Crippen molar-refractivity contribution in [3.8, 4) is 0 Å². The molecule has 1 amide bonds. The van der Waals surface area contributed by atoms with Gasteiger partial charge in [0.15, 0.2) is 6.29 Å². The van der Waals surface area contributed by atoms with Crippen molar-refractivity contribution in [2.75, 3.05) is 14.2 Å². The van der Waals surface area contributed by atoms with E-state index in [4.69, 9.17) is 14.2 Å². The van der Waals surface area contributed by atoms with E-state index in [1.807, 2.05) is 38.1 Å². The van der Waals surface area contributed by atoms with Gasteiger partial charge in [-0.05, 0) is 37.1 Å². The largest absolute Gasteiger partial charge is 0.442 e. The van der Waals surface area contributed by atoms with E-state index < -0.39 is 12.4 Å². The molecule has 2 aromatic carbocycles. The second kappa shape index (κ2) is 8.13. The number of carbonyl (C=O) groups is 1. The molecule has 0 aromatic heterocycles. The number of hydrogen-bond acceptors (Lipinski definition) is 4. The van der Waals surface area contributed by atoms with E-state index in [1.54, 1.807) is 6.92 Å². The lowest BCUT2D eigenvalue weighted by Gasteiger charge is -2.24. The Kier molecular flexibility index (Phi) is 6.17. The summed E-state index contributed by atoms with van der Waals surface area (Å²) in [5.74, 6) is 0. The first-order valence-electron chi connectivity index (χ1n) is 7.99. The third-order valence-electron chi connectivity index (χ3n) is 4.10. The van der Waals surface area contributed by atoms with Crippen LogP contribution in [-0.2, 0) is 14.2 Å². The van der Waals surface area contributed by atoms with Gasteiger partial charge in [0.2, 0.25) is 0 Å². The first kappa shape index (κ1) is 18.2. The summed E-state index contributed by atoms with van der Waals surface area (Å²) in [4.78, 5) is 12.2. The predicted molar refractivity (Wildman–Crippen MR) is 94.0 cm³/mol. The Morgan fingerprint density at radius 3 is 2.38 bits per heavy atom. The summed E-state index contributed by atoms with van der Waals surface area (Å²) in [6, 6.07) is 11.9. The second-order valence-electron chi connectivity index (χ2n) is 5.84. The van der Waals surface area contributed by atoms with Crippen LogP contribution in [0.1, 0.15) is 31.1 Å². The molecule has 24 heavy (non-hydrogen) atoms. The van der Waals surface area contributed by atoms with Gasteiger partial charge in [-0.1, -0.05) is 36.4 Å². The van der Waals surface area contributed by atoms with Crippen molar-refractivity contribution >= 4 is 16.9 Å². The van der Waals surface area contributed by atoms with Gasteiger partial charge in [-0.3, -0.25) is 0 Å². The number of fused-ring (bicyclic) bond motifs is 1. The van der Waals surface area contributed by atoms with Crippen molar-refractivity contribution in [3.05, 3.63) is 47.5 Å². The SMILES string of the molecule is COC(OC)C(C)NC(=O)OC(C)c1c(C)ccc2ccccc12. The first-order valence-corrected chi connectivity index (χ1v) is 7.99. The molecule has 0 aliphatic rings. The molecule has 5 heteroatoms. The smallest absolute Gasteiger partial charge is 0.408 e. The predicted octanol–water partition coefficient (Wildman–Crippen LogP) is 3.94. The number of hydrogen-bond donors (Lipinski definition) is 1. The van der Waals surface area contributed by atoms with Crippen molar-refractivity contribution in [1.29, 1.82) is 0 Å². The van der Waals surface area contributed by atoms with Gasteiger partial charge in [0.1, 0.15) is 6.10 Å². The monoisotopic (exact) mass is 331 g/mol. The molecule has 0 heterocycles. The summed E-state index contributed by atoms with van der Waals surface area (Å²) in [6.45, 7) is 5.70. The zero-order valence-electron chi connectivity index (χ0n) is 14.8. The normalized spacial score (nSPS) is 13.8. The Morgan fingerprint density at radius 1 is 1.04 bits per heavy atom. The molecule has 0 aliphatic carbocycles. The molecule has 0 saturated heterocycles. The van der Waals surface area contributed by atoms with E-state index in [0.29, 0.717) is 0 Å². The van der Waals surface area contributed by atoms with Gasteiger partial charge in [-0.2, -0.15) is 0 Å². The number of methoxy groups -OCH3 is 2. The summed E-state index contributed by atoms with van der Waals surface area (Å²) in [5, 5.41) is 4.96. The first-order chi connectivity index (χ1) is 11.5. The molecule has 2 rings (SSSR count). The third kappa shape index (κ3) is 4.04. The van der Waals surface area contributed by atoms with E-state index in [-0.39, 0.29) is 12.1 Å². The fourth-order valence-corrected chi connectivity index (χ4v) is 2.96. The highest BCUT2D eigenvalue weighted by Gasteiger charge is 2.21. The minimum absolute atomic E-state index is 0.326. The van der Waals surface area contributed by atoms with Gasteiger partial charge in [-0.15, -0.1) is 0 Å². The molecule has 5 nitrogen and oxygen atoms in total. The van der Waals surface area contributed by atoms with Crippen LogP contribution in [0.5, 0.6) is 0 Å². The van der Waals surface area contributed by atoms with Gasteiger partial charge >= 0.3 is 6.09 Å². The molecule has 2 aromatic rings. The summed E-state index contributed by atoms with van der Waals surface area (Å²) in [5.41, 5.74) is 2.11. The van der Waals surface area contributed by atoms with Crippen molar-refractivity contribution in [2.45, 2.75) is 39.2 Å². The van der Waals surface area contributed by atoms with Gasteiger partial charge in [0.25, 0.3) is 0 Å². The van der Waals surface area contributed by atoms with E-state index >= 15 is 0 Å². The maximum Gasteiger partial charge on any atom is 0.408 e. The Morgan fingerprint density at radius 2 is 1.71 bits per heavy atom. The molecule has 1 N–H and O–H groups in total. The number of alkyl carbamates (subject to hydrolysis) is 1. The number of benzene rings is 2. The van der Waals surface area contributed by atoms with Crippen molar-refractivity contribution in [1.82, 2.24) is 5.32 Å². The summed E-state index contributed by atoms with van der Waals surface area (Å²) >= 11 is 0. The van der Waals surface area contributed by atoms with Crippen molar-refractivity contribution in [2.24, 2.45) is 0 Å². The minimum Gasteiger partial charge on any atom is -0.442 e.